The summed E-state index contributed by atoms with van der Waals surface area (Å²) in [7, 11) is 0. The molecule has 122 valence electrons. The van der Waals surface area contributed by atoms with Crippen molar-refractivity contribution in [1.82, 2.24) is 10.2 Å². The van der Waals surface area contributed by atoms with Gasteiger partial charge in [-0.3, -0.25) is 9.89 Å². The van der Waals surface area contributed by atoms with Gasteiger partial charge in [0.25, 0.3) is 5.91 Å². The first-order valence-electron chi connectivity index (χ1n) is 7.25. The average Bonchev–Trinajstić information content (AvgIpc) is 3.01. The molecule has 2 aromatic carbocycles. The summed E-state index contributed by atoms with van der Waals surface area (Å²) in [5, 5.41) is 10.6. The predicted octanol–water partition coefficient (Wildman–Crippen LogP) is 3.40. The molecule has 3 rings (SSSR count). The van der Waals surface area contributed by atoms with Crippen molar-refractivity contribution >= 4 is 40.1 Å². The number of hydrogen-bond acceptors (Lipinski definition) is 4. The number of nitrogens with one attached hydrogen (secondary N) is 2. The summed E-state index contributed by atoms with van der Waals surface area (Å²) in [6.45, 7) is 1.50. The van der Waals surface area contributed by atoms with Crippen LogP contribution in [0.2, 0.25) is 5.02 Å². The quantitative estimate of drug-likeness (QED) is 0.711. The van der Waals surface area contributed by atoms with E-state index in [0.717, 1.165) is 5.52 Å². The van der Waals surface area contributed by atoms with E-state index >= 15 is 0 Å². The van der Waals surface area contributed by atoms with Gasteiger partial charge in [-0.2, -0.15) is 5.10 Å². The van der Waals surface area contributed by atoms with Crippen LogP contribution in [0.3, 0.4) is 0 Å². The summed E-state index contributed by atoms with van der Waals surface area (Å²) in [4.78, 5) is 24.3. The van der Waals surface area contributed by atoms with Crippen LogP contribution in [0.1, 0.15) is 17.4 Å². The van der Waals surface area contributed by atoms with Gasteiger partial charge in [0.15, 0.2) is 11.8 Å². The monoisotopic (exact) mass is 343 g/mol. The van der Waals surface area contributed by atoms with E-state index in [2.05, 4.69) is 15.5 Å². The highest BCUT2D eigenvalue weighted by Crippen LogP contribution is 2.17. The SMILES string of the molecule is C[C@@H](OC(=O)c1n[nH]c2ccccc12)C(=O)Nc1ccc(Cl)cc1. The molecular formula is C17H14ClN3O3. The first-order valence-corrected chi connectivity index (χ1v) is 7.63. The molecule has 7 heteroatoms. The number of carbonyl (C=O) groups is 2. The highest BCUT2D eigenvalue weighted by molar-refractivity contribution is 6.30. The van der Waals surface area contributed by atoms with Gasteiger partial charge < -0.3 is 10.1 Å². The van der Waals surface area contributed by atoms with Crippen LogP contribution in [-0.4, -0.2) is 28.2 Å². The van der Waals surface area contributed by atoms with Gasteiger partial charge in [0.1, 0.15) is 0 Å². The van der Waals surface area contributed by atoms with E-state index in [-0.39, 0.29) is 5.69 Å². The van der Waals surface area contributed by atoms with E-state index in [1.54, 1.807) is 42.5 Å². The highest BCUT2D eigenvalue weighted by Gasteiger charge is 2.22. The van der Waals surface area contributed by atoms with Crippen LogP contribution in [0, 0.1) is 0 Å². The Kier molecular flexibility index (Phi) is 4.48. The second kappa shape index (κ2) is 6.72. The molecule has 0 radical (unpaired) electrons. The number of esters is 1. The van der Waals surface area contributed by atoms with Gasteiger partial charge in [0.2, 0.25) is 0 Å². The zero-order valence-corrected chi connectivity index (χ0v) is 13.5. The number of aromatic nitrogens is 2. The molecule has 0 aliphatic heterocycles. The fraction of sp³-hybridized carbons (Fsp3) is 0.118. The molecule has 24 heavy (non-hydrogen) atoms. The Labute approximate surface area is 142 Å². The number of benzene rings is 2. The lowest BCUT2D eigenvalue weighted by Gasteiger charge is -2.13. The molecule has 0 aliphatic rings. The van der Waals surface area contributed by atoms with Gasteiger partial charge in [0.05, 0.1) is 5.52 Å². The zero-order valence-electron chi connectivity index (χ0n) is 12.7. The number of H-pyrrole nitrogens is 1. The largest absolute Gasteiger partial charge is 0.448 e. The molecule has 0 aliphatic carbocycles. The van der Waals surface area contributed by atoms with Gasteiger partial charge in [-0.1, -0.05) is 29.8 Å². The van der Waals surface area contributed by atoms with E-state index in [0.29, 0.717) is 16.1 Å². The van der Waals surface area contributed by atoms with Crippen LogP contribution in [-0.2, 0) is 9.53 Å². The maximum atomic E-state index is 12.2. The van der Waals surface area contributed by atoms with Gasteiger partial charge in [-0.05, 0) is 37.3 Å². The second-order valence-corrected chi connectivity index (χ2v) is 5.60. The lowest BCUT2D eigenvalue weighted by atomic mass is 10.2. The normalized spacial score (nSPS) is 11.9. The number of rotatable bonds is 4. The lowest BCUT2D eigenvalue weighted by Crippen LogP contribution is -2.30. The summed E-state index contributed by atoms with van der Waals surface area (Å²) >= 11 is 5.79. The van der Waals surface area contributed by atoms with Crippen LogP contribution in [0.4, 0.5) is 5.69 Å². The summed E-state index contributed by atoms with van der Waals surface area (Å²) in [6, 6.07) is 13.8. The molecule has 1 amide bonds. The first kappa shape index (κ1) is 16.0. The fourth-order valence-electron chi connectivity index (χ4n) is 2.17. The Morgan fingerprint density at radius 1 is 1.17 bits per heavy atom. The number of carbonyl (C=O) groups excluding carboxylic acids is 2. The lowest BCUT2D eigenvalue weighted by molar-refractivity contribution is -0.123. The minimum atomic E-state index is -0.969. The highest BCUT2D eigenvalue weighted by atomic mass is 35.5. The second-order valence-electron chi connectivity index (χ2n) is 5.16. The minimum Gasteiger partial charge on any atom is -0.448 e. The molecule has 6 nitrogen and oxygen atoms in total. The van der Waals surface area contributed by atoms with Crippen molar-refractivity contribution in [3.8, 4) is 0 Å². The number of amides is 1. The maximum absolute atomic E-state index is 12.2. The molecule has 3 aromatic rings. The summed E-state index contributed by atoms with van der Waals surface area (Å²) < 4.78 is 5.20. The van der Waals surface area contributed by atoms with Crippen LogP contribution < -0.4 is 5.32 Å². The van der Waals surface area contributed by atoms with Crippen molar-refractivity contribution in [2.45, 2.75) is 13.0 Å². The molecule has 0 saturated carbocycles. The van der Waals surface area contributed by atoms with Crippen molar-refractivity contribution < 1.29 is 14.3 Å². The van der Waals surface area contributed by atoms with Crippen LogP contribution in [0.15, 0.2) is 48.5 Å². The van der Waals surface area contributed by atoms with Gasteiger partial charge in [-0.15, -0.1) is 0 Å². The number of hydrogen-bond donors (Lipinski definition) is 2. The van der Waals surface area contributed by atoms with Gasteiger partial charge >= 0.3 is 5.97 Å². The predicted molar refractivity (Wildman–Crippen MR) is 91.1 cm³/mol. The van der Waals surface area contributed by atoms with E-state index in [9.17, 15) is 9.59 Å². The Morgan fingerprint density at radius 2 is 1.88 bits per heavy atom. The summed E-state index contributed by atoms with van der Waals surface area (Å²) in [5.41, 5.74) is 1.44. The fourth-order valence-corrected chi connectivity index (χ4v) is 2.29. The third kappa shape index (κ3) is 3.38. The number of halogens is 1. The number of anilines is 1. The Hall–Kier alpha value is -2.86. The standard InChI is InChI=1S/C17H14ClN3O3/c1-10(16(22)19-12-8-6-11(18)7-9-12)24-17(23)15-13-4-2-3-5-14(13)20-21-15/h2-10H,1H3,(H,19,22)(H,20,21)/t10-/m1/s1. The number of fused-ring (bicyclic) bond motifs is 1. The topological polar surface area (TPSA) is 84.1 Å². The molecule has 2 N–H and O–H groups in total. The third-order valence-corrected chi connectivity index (χ3v) is 3.68. The summed E-state index contributed by atoms with van der Waals surface area (Å²) in [5.74, 6) is -1.10. The molecule has 1 aromatic heterocycles. The molecule has 0 fully saturated rings. The number of para-hydroxylation sites is 1. The molecule has 0 saturated heterocycles. The molecule has 0 spiro atoms. The molecule has 1 heterocycles. The maximum Gasteiger partial charge on any atom is 0.360 e. The van der Waals surface area contributed by atoms with E-state index in [1.807, 2.05) is 6.07 Å². The Bertz CT molecular complexity index is 889. The Morgan fingerprint density at radius 3 is 2.62 bits per heavy atom. The van der Waals surface area contributed by atoms with Crippen LogP contribution in [0.5, 0.6) is 0 Å². The van der Waals surface area contributed by atoms with Crippen molar-refractivity contribution in [2.24, 2.45) is 0 Å². The third-order valence-electron chi connectivity index (χ3n) is 3.43. The van der Waals surface area contributed by atoms with Crippen LogP contribution >= 0.6 is 11.6 Å². The molecular weight excluding hydrogens is 330 g/mol. The molecule has 0 unspecified atom stereocenters. The van der Waals surface area contributed by atoms with E-state index in [4.69, 9.17) is 16.3 Å². The summed E-state index contributed by atoms with van der Waals surface area (Å²) in [6.07, 6.45) is -0.969. The Balaban J connectivity index is 1.67. The van der Waals surface area contributed by atoms with E-state index < -0.39 is 18.0 Å². The van der Waals surface area contributed by atoms with Crippen molar-refractivity contribution in [1.29, 1.82) is 0 Å². The number of nitrogens with zero attached hydrogens (tertiary/aromatic N) is 1. The zero-order chi connectivity index (χ0) is 17.1. The van der Waals surface area contributed by atoms with Crippen LogP contribution in [0.25, 0.3) is 10.9 Å². The number of aromatic amines is 1. The minimum absolute atomic E-state index is 0.150. The van der Waals surface area contributed by atoms with Gasteiger partial charge in [-0.25, -0.2) is 4.79 Å². The van der Waals surface area contributed by atoms with Crippen molar-refractivity contribution in [2.75, 3.05) is 5.32 Å². The van der Waals surface area contributed by atoms with E-state index in [1.165, 1.54) is 6.92 Å². The smallest absolute Gasteiger partial charge is 0.360 e. The van der Waals surface area contributed by atoms with Gasteiger partial charge in [0, 0.05) is 16.1 Å². The number of ether oxygens (including phenoxy) is 1. The van der Waals surface area contributed by atoms with Crippen molar-refractivity contribution in [3.05, 3.63) is 59.2 Å². The average molecular weight is 344 g/mol. The first-order chi connectivity index (χ1) is 11.5. The molecule has 1 atom stereocenters. The molecule has 0 bridgehead atoms. The van der Waals surface area contributed by atoms with Crippen molar-refractivity contribution in [3.63, 3.8) is 0 Å².